The van der Waals surface area contributed by atoms with Gasteiger partial charge in [0.1, 0.15) is 5.75 Å². The Labute approximate surface area is 115 Å². The maximum Gasteiger partial charge on any atom is 0.119 e. The molecular weight excluding hydrogens is 238 g/mol. The number of ether oxygens (including phenoxy) is 2. The maximum absolute atomic E-state index is 5.66. The van der Waals surface area contributed by atoms with E-state index in [0.717, 1.165) is 25.3 Å². The monoisotopic (exact) mass is 261 g/mol. The Morgan fingerprint density at radius 1 is 1.37 bits per heavy atom. The molecule has 0 radical (unpaired) electrons. The molecule has 1 aliphatic carbocycles. The second-order valence-electron chi connectivity index (χ2n) is 5.53. The van der Waals surface area contributed by atoms with Crippen molar-refractivity contribution in [2.24, 2.45) is 0 Å². The third-order valence-corrected chi connectivity index (χ3v) is 4.31. The fraction of sp³-hybridized carbons (Fsp3) is 0.625. The number of fused-ring (bicyclic) bond motifs is 1. The van der Waals surface area contributed by atoms with Gasteiger partial charge in [-0.1, -0.05) is 6.07 Å². The molecule has 0 saturated carbocycles. The minimum Gasteiger partial charge on any atom is -0.497 e. The summed E-state index contributed by atoms with van der Waals surface area (Å²) in [6.07, 6.45) is 6.46. The van der Waals surface area contributed by atoms with Crippen LogP contribution in [-0.4, -0.2) is 26.4 Å². The average Bonchev–Trinajstić information content (AvgIpc) is 3.08. The highest BCUT2D eigenvalue weighted by Gasteiger charge is 2.23. The van der Waals surface area contributed by atoms with Crippen LogP contribution in [0, 0.1) is 0 Å². The van der Waals surface area contributed by atoms with Gasteiger partial charge in [-0.15, -0.1) is 0 Å². The zero-order valence-electron chi connectivity index (χ0n) is 11.7. The minimum absolute atomic E-state index is 0.485. The van der Waals surface area contributed by atoms with Crippen molar-refractivity contribution >= 4 is 0 Å². The summed E-state index contributed by atoms with van der Waals surface area (Å²) in [5, 5.41) is 3.68. The number of benzene rings is 1. The smallest absolute Gasteiger partial charge is 0.119 e. The molecule has 1 N–H and O–H groups in total. The first kappa shape index (κ1) is 12.9. The van der Waals surface area contributed by atoms with Crippen molar-refractivity contribution in [3.8, 4) is 5.75 Å². The number of hydrogen-bond donors (Lipinski definition) is 1. The summed E-state index contributed by atoms with van der Waals surface area (Å²) in [5.74, 6) is 0.964. The lowest BCUT2D eigenvalue weighted by molar-refractivity contribution is 0.103. The van der Waals surface area contributed by atoms with Gasteiger partial charge in [0.25, 0.3) is 0 Å². The molecule has 19 heavy (non-hydrogen) atoms. The second-order valence-corrected chi connectivity index (χ2v) is 5.53. The van der Waals surface area contributed by atoms with Crippen molar-refractivity contribution in [1.82, 2.24) is 5.32 Å². The van der Waals surface area contributed by atoms with Gasteiger partial charge in [0, 0.05) is 12.6 Å². The van der Waals surface area contributed by atoms with Crippen molar-refractivity contribution < 1.29 is 9.47 Å². The van der Waals surface area contributed by atoms with Crippen LogP contribution >= 0.6 is 0 Å². The first-order chi connectivity index (χ1) is 9.36. The Morgan fingerprint density at radius 2 is 2.32 bits per heavy atom. The van der Waals surface area contributed by atoms with E-state index in [9.17, 15) is 0 Å². The molecule has 104 valence electrons. The van der Waals surface area contributed by atoms with Crippen LogP contribution in [0.4, 0.5) is 0 Å². The van der Waals surface area contributed by atoms with Crippen LogP contribution in [0.2, 0.25) is 0 Å². The van der Waals surface area contributed by atoms with Crippen LogP contribution < -0.4 is 10.1 Å². The van der Waals surface area contributed by atoms with Crippen LogP contribution in [0.25, 0.3) is 0 Å². The first-order valence-electron chi connectivity index (χ1n) is 7.38. The molecule has 0 spiro atoms. The van der Waals surface area contributed by atoms with Crippen molar-refractivity contribution in [2.75, 3.05) is 20.3 Å². The lowest BCUT2D eigenvalue weighted by atomic mass is 10.1. The van der Waals surface area contributed by atoms with Crippen molar-refractivity contribution in [3.63, 3.8) is 0 Å². The molecule has 3 heteroatoms. The summed E-state index contributed by atoms with van der Waals surface area (Å²) < 4.78 is 11.0. The van der Waals surface area contributed by atoms with Gasteiger partial charge < -0.3 is 14.8 Å². The lowest BCUT2D eigenvalue weighted by Gasteiger charge is -2.16. The molecule has 1 saturated heterocycles. The van der Waals surface area contributed by atoms with Gasteiger partial charge in [0.05, 0.1) is 13.2 Å². The van der Waals surface area contributed by atoms with E-state index in [2.05, 4.69) is 23.5 Å². The summed E-state index contributed by atoms with van der Waals surface area (Å²) in [7, 11) is 1.73. The van der Waals surface area contributed by atoms with E-state index < -0.39 is 0 Å². The van der Waals surface area contributed by atoms with Crippen LogP contribution in [-0.2, 0) is 11.2 Å². The molecule has 2 aliphatic rings. The topological polar surface area (TPSA) is 30.5 Å². The molecule has 1 aromatic rings. The Balaban J connectivity index is 1.55. The number of methoxy groups -OCH3 is 1. The van der Waals surface area contributed by atoms with Gasteiger partial charge in [0.2, 0.25) is 0 Å². The highest BCUT2D eigenvalue weighted by molar-refractivity contribution is 5.40. The van der Waals surface area contributed by atoms with Crippen LogP contribution in [0.3, 0.4) is 0 Å². The molecule has 1 heterocycles. The van der Waals surface area contributed by atoms with E-state index in [1.165, 1.54) is 36.8 Å². The molecule has 2 unspecified atom stereocenters. The highest BCUT2D eigenvalue weighted by atomic mass is 16.5. The highest BCUT2D eigenvalue weighted by Crippen LogP contribution is 2.33. The third-order valence-electron chi connectivity index (χ3n) is 4.31. The average molecular weight is 261 g/mol. The lowest BCUT2D eigenvalue weighted by Crippen LogP contribution is -2.23. The molecule has 2 atom stereocenters. The summed E-state index contributed by atoms with van der Waals surface area (Å²) >= 11 is 0. The maximum atomic E-state index is 5.66. The Morgan fingerprint density at radius 3 is 3.11 bits per heavy atom. The summed E-state index contributed by atoms with van der Waals surface area (Å²) in [5.41, 5.74) is 2.89. The third kappa shape index (κ3) is 2.93. The summed E-state index contributed by atoms with van der Waals surface area (Å²) in [4.78, 5) is 0. The fourth-order valence-corrected chi connectivity index (χ4v) is 3.21. The van der Waals surface area contributed by atoms with Crippen molar-refractivity contribution in [1.29, 1.82) is 0 Å². The SMILES string of the molecule is COc1ccc2c(c1)C(NCCC1CCCO1)CC2. The van der Waals surface area contributed by atoms with Gasteiger partial charge >= 0.3 is 0 Å². The molecule has 3 nitrogen and oxygen atoms in total. The van der Waals surface area contributed by atoms with E-state index in [0.29, 0.717) is 12.1 Å². The number of rotatable bonds is 5. The van der Waals surface area contributed by atoms with E-state index in [4.69, 9.17) is 9.47 Å². The standard InChI is InChI=1S/C16H23NO2/c1-18-14-6-4-12-5-7-16(15(12)11-14)17-9-8-13-3-2-10-19-13/h4,6,11,13,16-17H,2-3,5,7-10H2,1H3. The largest absolute Gasteiger partial charge is 0.497 e. The minimum atomic E-state index is 0.485. The van der Waals surface area contributed by atoms with Crippen molar-refractivity contribution in [3.05, 3.63) is 29.3 Å². The van der Waals surface area contributed by atoms with Crippen LogP contribution in [0.1, 0.15) is 42.9 Å². The molecule has 0 aromatic heterocycles. The van der Waals surface area contributed by atoms with E-state index >= 15 is 0 Å². The van der Waals surface area contributed by atoms with Crippen LogP contribution in [0.15, 0.2) is 18.2 Å². The van der Waals surface area contributed by atoms with Crippen molar-refractivity contribution in [2.45, 2.75) is 44.2 Å². The quantitative estimate of drug-likeness (QED) is 0.884. The van der Waals surface area contributed by atoms with Gasteiger partial charge in [-0.05, 0) is 61.9 Å². The number of nitrogens with one attached hydrogen (secondary N) is 1. The summed E-state index contributed by atoms with van der Waals surface area (Å²) in [6.45, 7) is 2.00. The van der Waals surface area contributed by atoms with Gasteiger partial charge in [0.15, 0.2) is 0 Å². The Hall–Kier alpha value is -1.06. The molecule has 1 fully saturated rings. The normalized spacial score (nSPS) is 25.5. The predicted octanol–water partition coefficient (Wildman–Crippen LogP) is 2.84. The first-order valence-corrected chi connectivity index (χ1v) is 7.38. The summed E-state index contributed by atoms with van der Waals surface area (Å²) in [6, 6.07) is 6.95. The van der Waals surface area contributed by atoms with E-state index in [1.54, 1.807) is 7.11 Å². The fourth-order valence-electron chi connectivity index (χ4n) is 3.21. The Kier molecular flexibility index (Phi) is 4.04. The molecule has 1 aliphatic heterocycles. The van der Waals surface area contributed by atoms with E-state index in [1.807, 2.05) is 0 Å². The molecule has 3 rings (SSSR count). The Bertz CT molecular complexity index is 427. The molecule has 0 amide bonds. The van der Waals surface area contributed by atoms with Gasteiger partial charge in [-0.3, -0.25) is 0 Å². The van der Waals surface area contributed by atoms with Gasteiger partial charge in [-0.2, -0.15) is 0 Å². The number of aryl methyl sites for hydroxylation is 1. The molecule has 1 aromatic carbocycles. The van der Waals surface area contributed by atoms with E-state index in [-0.39, 0.29) is 0 Å². The number of hydrogen-bond acceptors (Lipinski definition) is 3. The van der Waals surface area contributed by atoms with Crippen LogP contribution in [0.5, 0.6) is 5.75 Å². The zero-order chi connectivity index (χ0) is 13.1. The second kappa shape index (κ2) is 5.93. The molecule has 0 bridgehead atoms. The molecular formula is C16H23NO2. The zero-order valence-corrected chi connectivity index (χ0v) is 11.7. The predicted molar refractivity (Wildman–Crippen MR) is 75.6 cm³/mol. The van der Waals surface area contributed by atoms with Gasteiger partial charge in [-0.25, -0.2) is 0 Å².